The lowest BCUT2D eigenvalue weighted by atomic mass is 10.2. The Morgan fingerprint density at radius 2 is 2.23 bits per heavy atom. The van der Waals surface area contributed by atoms with Crippen LogP contribution in [-0.4, -0.2) is 13.1 Å². The van der Waals surface area contributed by atoms with Crippen molar-refractivity contribution in [2.24, 2.45) is 0 Å². The van der Waals surface area contributed by atoms with E-state index in [0.717, 1.165) is 0 Å². The van der Waals surface area contributed by atoms with Gasteiger partial charge in [-0.1, -0.05) is 0 Å². The molecule has 0 radical (unpaired) electrons. The van der Waals surface area contributed by atoms with E-state index >= 15 is 0 Å². The average Bonchev–Trinajstić information content (AvgIpc) is 2.55. The first-order valence-electron chi connectivity index (χ1n) is 3.67. The number of carbonyl (C=O) groups excluding carboxylic acids is 1. The first kappa shape index (κ1) is 7.79. The predicted octanol–water partition coefficient (Wildman–Crippen LogP) is 1.02. The van der Waals surface area contributed by atoms with Crippen LogP contribution in [0.15, 0.2) is 27.4 Å². The quantitative estimate of drug-likeness (QED) is 0.611. The molecule has 4 nitrogen and oxygen atoms in total. The zero-order chi connectivity index (χ0) is 9.42. The molecule has 0 unspecified atom stereocenters. The molecule has 4 heteroatoms. The third kappa shape index (κ3) is 1.07. The SMILES string of the molecule is COC(=O)c1cc2ccc(o2)c1=O. The van der Waals surface area contributed by atoms with Crippen LogP contribution in [0.4, 0.5) is 0 Å². The molecule has 0 fully saturated rings. The van der Waals surface area contributed by atoms with E-state index in [4.69, 9.17) is 4.42 Å². The van der Waals surface area contributed by atoms with Gasteiger partial charge >= 0.3 is 5.97 Å². The van der Waals surface area contributed by atoms with Crippen LogP contribution in [0.25, 0.3) is 11.2 Å². The van der Waals surface area contributed by atoms with Crippen LogP contribution >= 0.6 is 0 Å². The van der Waals surface area contributed by atoms with Crippen molar-refractivity contribution in [1.29, 1.82) is 0 Å². The van der Waals surface area contributed by atoms with Crippen LogP contribution in [0, 0.1) is 0 Å². The number of rotatable bonds is 1. The minimum atomic E-state index is -0.632. The Kier molecular flexibility index (Phi) is 1.55. The van der Waals surface area contributed by atoms with E-state index in [0.29, 0.717) is 5.58 Å². The summed E-state index contributed by atoms with van der Waals surface area (Å²) in [7, 11) is 1.23. The second-order valence-corrected chi connectivity index (χ2v) is 2.58. The summed E-state index contributed by atoms with van der Waals surface area (Å²) in [5.41, 5.74) is 0.265. The van der Waals surface area contributed by atoms with Crippen molar-refractivity contribution in [1.82, 2.24) is 0 Å². The van der Waals surface area contributed by atoms with Crippen LogP contribution < -0.4 is 5.43 Å². The van der Waals surface area contributed by atoms with Crippen molar-refractivity contribution in [2.75, 3.05) is 7.11 Å². The summed E-state index contributed by atoms with van der Waals surface area (Å²) in [4.78, 5) is 22.5. The molecule has 0 N–H and O–H groups in total. The molecule has 0 aliphatic rings. The maximum absolute atomic E-state index is 11.4. The molecule has 2 rings (SSSR count). The van der Waals surface area contributed by atoms with E-state index in [1.807, 2.05) is 0 Å². The molecule has 0 spiro atoms. The van der Waals surface area contributed by atoms with Gasteiger partial charge in [-0.3, -0.25) is 4.79 Å². The van der Waals surface area contributed by atoms with Crippen LogP contribution in [0.2, 0.25) is 0 Å². The lowest BCUT2D eigenvalue weighted by Crippen LogP contribution is -2.14. The number of carbonyl (C=O) groups is 1. The van der Waals surface area contributed by atoms with E-state index in [-0.39, 0.29) is 11.1 Å². The zero-order valence-electron chi connectivity index (χ0n) is 6.87. The summed E-state index contributed by atoms with van der Waals surface area (Å²) >= 11 is 0. The molecule has 0 saturated heterocycles. The lowest BCUT2D eigenvalue weighted by molar-refractivity contribution is 0.0599. The highest BCUT2D eigenvalue weighted by atomic mass is 16.5. The Bertz CT molecular complexity index is 497. The molecule has 0 amide bonds. The Balaban J connectivity index is 2.74. The fraction of sp³-hybridized carbons (Fsp3) is 0.111. The van der Waals surface area contributed by atoms with E-state index in [9.17, 15) is 9.59 Å². The highest BCUT2D eigenvalue weighted by Gasteiger charge is 2.14. The number of hydrogen-bond acceptors (Lipinski definition) is 4. The minimum absolute atomic E-state index is 0.0174. The molecule has 0 aromatic carbocycles. The second-order valence-electron chi connectivity index (χ2n) is 2.58. The van der Waals surface area contributed by atoms with Gasteiger partial charge in [-0.15, -0.1) is 0 Å². The summed E-state index contributed by atoms with van der Waals surface area (Å²) in [6, 6.07) is 4.54. The van der Waals surface area contributed by atoms with Crippen molar-refractivity contribution in [3.8, 4) is 0 Å². The summed E-state index contributed by atoms with van der Waals surface area (Å²) in [6.07, 6.45) is 0. The third-order valence-electron chi connectivity index (χ3n) is 1.79. The molecule has 2 aromatic heterocycles. The number of ether oxygens (including phenoxy) is 1. The normalized spacial score (nSPS) is 10.5. The van der Waals surface area contributed by atoms with Gasteiger partial charge in [-0.2, -0.15) is 0 Å². The van der Waals surface area contributed by atoms with Gasteiger partial charge in [-0.25, -0.2) is 4.79 Å². The molecule has 66 valence electrons. The van der Waals surface area contributed by atoms with Gasteiger partial charge < -0.3 is 9.15 Å². The van der Waals surface area contributed by atoms with Crippen molar-refractivity contribution in [3.63, 3.8) is 0 Å². The summed E-state index contributed by atoms with van der Waals surface area (Å²) in [5.74, 6) is -0.632. The summed E-state index contributed by atoms with van der Waals surface area (Å²) in [5, 5.41) is 0. The van der Waals surface area contributed by atoms with Crippen molar-refractivity contribution in [2.45, 2.75) is 0 Å². The van der Waals surface area contributed by atoms with Gasteiger partial charge in [0, 0.05) is 0 Å². The zero-order valence-corrected chi connectivity index (χ0v) is 6.87. The number of hydrogen-bond donors (Lipinski definition) is 0. The highest BCUT2D eigenvalue weighted by molar-refractivity contribution is 5.92. The topological polar surface area (TPSA) is 56.5 Å². The van der Waals surface area contributed by atoms with E-state index < -0.39 is 11.4 Å². The number of esters is 1. The Hall–Kier alpha value is -1.84. The third-order valence-corrected chi connectivity index (χ3v) is 1.79. The smallest absolute Gasteiger partial charge is 0.342 e. The minimum Gasteiger partial charge on any atom is -0.465 e. The van der Waals surface area contributed by atoms with Crippen LogP contribution in [0.1, 0.15) is 10.4 Å². The maximum atomic E-state index is 11.4. The summed E-state index contributed by atoms with van der Waals surface area (Å²) in [6.45, 7) is 0. The standard InChI is InChI=1S/C9H6O4/c1-12-9(11)6-4-5-2-3-7(13-5)8(6)10/h2-4H,1H3. The fourth-order valence-corrected chi connectivity index (χ4v) is 1.15. The number of fused-ring (bicyclic) bond motifs is 2. The largest absolute Gasteiger partial charge is 0.465 e. The van der Waals surface area contributed by atoms with Crippen molar-refractivity contribution in [3.05, 3.63) is 34.0 Å². The van der Waals surface area contributed by atoms with Gasteiger partial charge in [-0.05, 0) is 18.2 Å². The Morgan fingerprint density at radius 1 is 1.46 bits per heavy atom. The molecule has 0 saturated carbocycles. The van der Waals surface area contributed by atoms with Crippen LogP contribution in [0.3, 0.4) is 0 Å². The Morgan fingerprint density at radius 3 is 2.92 bits per heavy atom. The number of furan rings is 1. The van der Waals surface area contributed by atoms with Gasteiger partial charge in [0.1, 0.15) is 11.1 Å². The highest BCUT2D eigenvalue weighted by Crippen LogP contribution is 2.11. The van der Waals surface area contributed by atoms with Gasteiger partial charge in [0.05, 0.1) is 7.11 Å². The van der Waals surface area contributed by atoms with E-state index in [2.05, 4.69) is 4.74 Å². The van der Waals surface area contributed by atoms with Gasteiger partial charge in [0.2, 0.25) is 5.43 Å². The molecular formula is C9H6O4. The molecule has 2 bridgehead atoms. The molecule has 2 aromatic rings. The van der Waals surface area contributed by atoms with E-state index in [1.165, 1.54) is 19.2 Å². The molecule has 13 heavy (non-hydrogen) atoms. The first-order valence-corrected chi connectivity index (χ1v) is 3.67. The fourth-order valence-electron chi connectivity index (χ4n) is 1.15. The van der Waals surface area contributed by atoms with Crippen molar-refractivity contribution < 1.29 is 13.9 Å². The monoisotopic (exact) mass is 178 g/mol. The summed E-state index contributed by atoms with van der Waals surface area (Å²) < 4.78 is 9.47. The van der Waals surface area contributed by atoms with Crippen LogP contribution in [0.5, 0.6) is 0 Å². The second kappa shape index (κ2) is 2.58. The molecule has 2 heterocycles. The molecule has 0 aliphatic carbocycles. The van der Waals surface area contributed by atoms with E-state index in [1.54, 1.807) is 6.07 Å². The molecular weight excluding hydrogens is 172 g/mol. The predicted molar refractivity (Wildman–Crippen MR) is 45.0 cm³/mol. The Labute approximate surface area is 73.1 Å². The molecule has 0 atom stereocenters. The van der Waals surface area contributed by atoms with Crippen molar-refractivity contribution >= 4 is 17.1 Å². The van der Waals surface area contributed by atoms with Gasteiger partial charge in [0.25, 0.3) is 0 Å². The first-order chi connectivity index (χ1) is 6.22. The molecule has 0 aliphatic heterocycles. The maximum Gasteiger partial charge on any atom is 0.342 e. The lowest BCUT2D eigenvalue weighted by Gasteiger charge is -1.95. The average molecular weight is 178 g/mol. The van der Waals surface area contributed by atoms with Crippen LogP contribution in [-0.2, 0) is 4.74 Å². The van der Waals surface area contributed by atoms with Gasteiger partial charge in [0.15, 0.2) is 5.58 Å². The number of methoxy groups -OCH3 is 1.